The zero-order valence-electron chi connectivity index (χ0n) is 14.3. The van der Waals surface area contributed by atoms with Crippen LogP contribution in [0.5, 0.6) is 0 Å². The number of hydrogen-bond acceptors (Lipinski definition) is 4. The minimum atomic E-state index is 0.323. The number of benzene rings is 1. The van der Waals surface area contributed by atoms with Gasteiger partial charge in [0.15, 0.2) is 0 Å². The number of para-hydroxylation sites is 1. The summed E-state index contributed by atoms with van der Waals surface area (Å²) in [7, 11) is 0. The van der Waals surface area contributed by atoms with Crippen LogP contribution in [0.15, 0.2) is 24.3 Å². The zero-order valence-corrected chi connectivity index (χ0v) is 15.1. The molecule has 2 aliphatic heterocycles. The highest BCUT2D eigenvalue weighted by molar-refractivity contribution is 7.18. The van der Waals surface area contributed by atoms with Crippen molar-refractivity contribution in [2.75, 3.05) is 13.1 Å². The van der Waals surface area contributed by atoms with Gasteiger partial charge in [0, 0.05) is 25.0 Å². The fraction of sp³-hybridized carbons (Fsp3) is 0.579. The first-order chi connectivity index (χ1) is 11.8. The van der Waals surface area contributed by atoms with Crippen LogP contribution in [0.2, 0.25) is 0 Å². The number of amides is 1. The topological polar surface area (TPSA) is 36.4 Å². The van der Waals surface area contributed by atoms with Crippen molar-refractivity contribution in [2.45, 2.75) is 57.7 Å². The van der Waals surface area contributed by atoms with Crippen molar-refractivity contribution in [3.63, 3.8) is 0 Å². The standard InChI is InChI=1S/C19H25N3OS/c1-2-19(23)22-12-6-9-16(22)15-8-5-11-21(15)13-18-20-14-7-3-4-10-17(14)24-18/h3-4,7,10,15-16H,2,5-6,8-9,11-13H2,1H3/t15-,16+/m0/s1. The lowest BCUT2D eigenvalue weighted by molar-refractivity contribution is -0.132. The lowest BCUT2D eigenvalue weighted by Gasteiger charge is -2.34. The van der Waals surface area contributed by atoms with Crippen molar-refractivity contribution in [2.24, 2.45) is 0 Å². The highest BCUT2D eigenvalue weighted by Gasteiger charge is 2.39. The molecule has 1 amide bonds. The average molecular weight is 343 g/mol. The molecule has 1 aromatic carbocycles. The summed E-state index contributed by atoms with van der Waals surface area (Å²) in [6, 6.07) is 9.29. The predicted molar refractivity (Wildman–Crippen MR) is 98.1 cm³/mol. The van der Waals surface area contributed by atoms with Crippen molar-refractivity contribution in [3.05, 3.63) is 29.3 Å². The molecule has 0 unspecified atom stereocenters. The van der Waals surface area contributed by atoms with Crippen LogP contribution >= 0.6 is 11.3 Å². The number of carbonyl (C=O) groups is 1. The minimum Gasteiger partial charge on any atom is -0.338 e. The second kappa shape index (κ2) is 6.81. The van der Waals surface area contributed by atoms with E-state index in [1.165, 1.54) is 22.5 Å². The molecule has 2 atom stereocenters. The van der Waals surface area contributed by atoms with Gasteiger partial charge >= 0.3 is 0 Å². The molecule has 5 heteroatoms. The van der Waals surface area contributed by atoms with Crippen LogP contribution in [-0.4, -0.2) is 45.9 Å². The van der Waals surface area contributed by atoms with Crippen LogP contribution in [0.1, 0.15) is 44.0 Å². The number of fused-ring (bicyclic) bond motifs is 1. The molecule has 3 heterocycles. The summed E-state index contributed by atoms with van der Waals surface area (Å²) in [5.41, 5.74) is 1.11. The third kappa shape index (κ3) is 2.95. The van der Waals surface area contributed by atoms with Crippen molar-refractivity contribution in [1.29, 1.82) is 0 Å². The van der Waals surface area contributed by atoms with Gasteiger partial charge < -0.3 is 4.90 Å². The van der Waals surface area contributed by atoms with E-state index in [1.54, 1.807) is 11.3 Å². The van der Waals surface area contributed by atoms with Crippen molar-refractivity contribution < 1.29 is 4.79 Å². The summed E-state index contributed by atoms with van der Waals surface area (Å²) in [4.78, 5) is 21.8. The van der Waals surface area contributed by atoms with E-state index in [0.717, 1.165) is 38.0 Å². The lowest BCUT2D eigenvalue weighted by Crippen LogP contribution is -2.47. The Morgan fingerprint density at radius 1 is 1.21 bits per heavy atom. The summed E-state index contributed by atoms with van der Waals surface area (Å²) >= 11 is 1.81. The smallest absolute Gasteiger partial charge is 0.222 e. The lowest BCUT2D eigenvalue weighted by atomic mass is 10.0. The third-order valence-corrected chi connectivity index (χ3v) is 6.48. The highest BCUT2D eigenvalue weighted by atomic mass is 32.1. The van der Waals surface area contributed by atoms with Gasteiger partial charge in [-0.1, -0.05) is 19.1 Å². The molecule has 2 fully saturated rings. The van der Waals surface area contributed by atoms with E-state index in [1.807, 2.05) is 6.92 Å². The van der Waals surface area contributed by atoms with Crippen LogP contribution in [-0.2, 0) is 11.3 Å². The van der Waals surface area contributed by atoms with Gasteiger partial charge in [-0.05, 0) is 44.4 Å². The van der Waals surface area contributed by atoms with Gasteiger partial charge in [0.2, 0.25) is 5.91 Å². The molecule has 0 N–H and O–H groups in total. The molecule has 0 saturated carbocycles. The maximum absolute atomic E-state index is 12.3. The maximum atomic E-state index is 12.3. The van der Waals surface area contributed by atoms with Gasteiger partial charge in [-0.2, -0.15) is 0 Å². The molecule has 0 bridgehead atoms. The van der Waals surface area contributed by atoms with Gasteiger partial charge in [-0.15, -0.1) is 11.3 Å². The fourth-order valence-electron chi connectivity index (χ4n) is 4.35. The number of nitrogens with zero attached hydrogens (tertiary/aromatic N) is 3. The van der Waals surface area contributed by atoms with Crippen LogP contribution in [0.3, 0.4) is 0 Å². The molecule has 0 spiro atoms. The number of aromatic nitrogens is 1. The first-order valence-electron chi connectivity index (χ1n) is 9.14. The van der Waals surface area contributed by atoms with Crippen LogP contribution < -0.4 is 0 Å². The second-order valence-corrected chi connectivity index (χ2v) is 8.02. The Morgan fingerprint density at radius 2 is 2.00 bits per heavy atom. The van der Waals surface area contributed by atoms with E-state index in [2.05, 4.69) is 34.1 Å². The number of thiazole rings is 1. The summed E-state index contributed by atoms with van der Waals surface area (Å²) in [5, 5.41) is 1.20. The number of rotatable bonds is 4. The molecule has 0 aliphatic carbocycles. The van der Waals surface area contributed by atoms with Gasteiger partial charge in [0.25, 0.3) is 0 Å². The molecule has 2 aliphatic rings. The quantitative estimate of drug-likeness (QED) is 0.850. The Hall–Kier alpha value is -1.46. The minimum absolute atomic E-state index is 0.323. The van der Waals surface area contributed by atoms with Crippen molar-refractivity contribution >= 4 is 27.5 Å². The highest BCUT2D eigenvalue weighted by Crippen LogP contribution is 2.32. The van der Waals surface area contributed by atoms with Crippen LogP contribution in [0, 0.1) is 0 Å². The number of carbonyl (C=O) groups excluding carboxylic acids is 1. The SMILES string of the molecule is CCC(=O)N1CCC[C@@H]1[C@@H]1CCCN1Cc1nc2ccccc2s1. The van der Waals surface area contributed by atoms with E-state index in [0.29, 0.717) is 24.4 Å². The Morgan fingerprint density at radius 3 is 2.83 bits per heavy atom. The van der Waals surface area contributed by atoms with Crippen molar-refractivity contribution in [3.8, 4) is 0 Å². The van der Waals surface area contributed by atoms with E-state index < -0.39 is 0 Å². The maximum Gasteiger partial charge on any atom is 0.222 e. The molecule has 0 radical (unpaired) electrons. The zero-order chi connectivity index (χ0) is 16.5. The van der Waals surface area contributed by atoms with Gasteiger partial charge in [-0.3, -0.25) is 9.69 Å². The Bertz CT molecular complexity index is 695. The fourth-order valence-corrected chi connectivity index (χ4v) is 5.34. The van der Waals surface area contributed by atoms with E-state index in [4.69, 9.17) is 4.98 Å². The molecule has 4 rings (SSSR count). The van der Waals surface area contributed by atoms with Crippen LogP contribution in [0.4, 0.5) is 0 Å². The summed E-state index contributed by atoms with van der Waals surface area (Å²) in [6.45, 7) is 4.98. The molecule has 128 valence electrons. The predicted octanol–water partition coefficient (Wildman–Crippen LogP) is 3.66. The molecular formula is C19H25N3OS. The van der Waals surface area contributed by atoms with Gasteiger partial charge in [-0.25, -0.2) is 4.98 Å². The van der Waals surface area contributed by atoms with E-state index >= 15 is 0 Å². The van der Waals surface area contributed by atoms with E-state index in [9.17, 15) is 4.79 Å². The Kier molecular flexibility index (Phi) is 4.55. The average Bonchev–Trinajstić information content (AvgIpc) is 3.32. The Balaban J connectivity index is 1.51. The monoisotopic (exact) mass is 343 g/mol. The molecule has 2 saturated heterocycles. The molecular weight excluding hydrogens is 318 g/mol. The van der Waals surface area contributed by atoms with Crippen LogP contribution in [0.25, 0.3) is 10.2 Å². The van der Waals surface area contributed by atoms with E-state index in [-0.39, 0.29) is 0 Å². The Labute approximate surface area is 147 Å². The second-order valence-electron chi connectivity index (χ2n) is 6.91. The summed E-state index contributed by atoms with van der Waals surface area (Å²) < 4.78 is 1.27. The summed E-state index contributed by atoms with van der Waals surface area (Å²) in [5.74, 6) is 0.323. The van der Waals surface area contributed by atoms with Gasteiger partial charge in [0.1, 0.15) is 5.01 Å². The third-order valence-electron chi connectivity index (χ3n) is 5.46. The number of hydrogen-bond donors (Lipinski definition) is 0. The summed E-state index contributed by atoms with van der Waals surface area (Å²) in [6.07, 6.45) is 5.39. The molecule has 4 nitrogen and oxygen atoms in total. The number of likely N-dealkylation sites (tertiary alicyclic amines) is 2. The molecule has 1 aromatic heterocycles. The first-order valence-corrected chi connectivity index (χ1v) is 9.96. The van der Waals surface area contributed by atoms with Crippen molar-refractivity contribution in [1.82, 2.24) is 14.8 Å². The molecule has 2 aromatic rings. The largest absolute Gasteiger partial charge is 0.338 e. The first kappa shape index (κ1) is 16.0. The molecule has 24 heavy (non-hydrogen) atoms. The van der Waals surface area contributed by atoms with Gasteiger partial charge in [0.05, 0.1) is 16.8 Å². The normalized spacial score (nSPS) is 25.0.